The van der Waals surface area contributed by atoms with E-state index < -0.39 is 0 Å². The van der Waals surface area contributed by atoms with E-state index in [1.807, 2.05) is 6.07 Å². The van der Waals surface area contributed by atoms with Gasteiger partial charge in [0, 0.05) is 26.9 Å². The second-order valence-corrected chi connectivity index (χ2v) is 10.2. The van der Waals surface area contributed by atoms with Crippen molar-refractivity contribution in [1.29, 1.82) is 0 Å². The van der Waals surface area contributed by atoms with E-state index >= 15 is 0 Å². The van der Waals surface area contributed by atoms with Crippen LogP contribution in [0.25, 0.3) is 49.0 Å². The Morgan fingerprint density at radius 2 is 1.68 bits per heavy atom. The summed E-state index contributed by atoms with van der Waals surface area (Å²) in [6, 6.07) is 15.1. The second kappa shape index (κ2) is 5.94. The Morgan fingerprint density at radius 3 is 2.45 bits per heavy atom. The highest BCUT2D eigenvalue weighted by Gasteiger charge is 2.23. The van der Waals surface area contributed by atoms with Gasteiger partial charge in [-0.05, 0) is 48.9 Å². The molecule has 3 heteroatoms. The van der Waals surface area contributed by atoms with E-state index in [1.54, 1.807) is 0 Å². The van der Waals surface area contributed by atoms with Crippen LogP contribution in [-0.2, 0) is 6.42 Å². The molecule has 0 atom stereocenters. The minimum Gasteiger partial charge on any atom is -0.308 e. The first-order chi connectivity index (χ1) is 14.7. The van der Waals surface area contributed by atoms with E-state index in [2.05, 4.69) is 80.4 Å². The van der Waals surface area contributed by atoms with Crippen LogP contribution in [-0.4, -0.2) is 9.38 Å². The van der Waals surface area contributed by atoms with Crippen LogP contribution in [0.15, 0.2) is 48.7 Å². The Bertz CT molecular complexity index is 1660. The van der Waals surface area contributed by atoms with Crippen molar-refractivity contribution < 1.29 is 4.39 Å². The number of hydrogen-bond donors (Lipinski definition) is 0. The molecule has 0 unspecified atom stereocenters. The molecule has 0 saturated heterocycles. The van der Waals surface area contributed by atoms with Crippen LogP contribution >= 0.6 is 0 Å². The van der Waals surface area contributed by atoms with Crippen molar-refractivity contribution >= 4 is 49.0 Å². The lowest BCUT2D eigenvalue weighted by atomic mass is 9.86. The fourth-order valence-corrected chi connectivity index (χ4v) is 5.52. The average Bonchev–Trinajstić information content (AvgIpc) is 3.03. The van der Waals surface area contributed by atoms with Crippen molar-refractivity contribution in [1.82, 2.24) is 9.38 Å². The minimum absolute atomic E-state index is 0.170. The zero-order valence-corrected chi connectivity index (χ0v) is 18.6. The molecular weight excluding hydrogens is 383 g/mol. The fourth-order valence-electron chi connectivity index (χ4n) is 5.52. The first-order valence-electron chi connectivity index (χ1n) is 10.9. The predicted molar refractivity (Wildman–Crippen MR) is 129 cm³/mol. The summed E-state index contributed by atoms with van der Waals surface area (Å²) in [5.41, 5.74) is 8.23. The maximum absolute atomic E-state index is 14.9. The molecule has 0 spiro atoms. The van der Waals surface area contributed by atoms with Crippen LogP contribution in [0.5, 0.6) is 0 Å². The van der Waals surface area contributed by atoms with E-state index in [-0.39, 0.29) is 11.2 Å². The number of benzene rings is 3. The van der Waals surface area contributed by atoms with Gasteiger partial charge in [-0.3, -0.25) is 4.98 Å². The molecule has 0 amide bonds. The topological polar surface area (TPSA) is 17.3 Å². The van der Waals surface area contributed by atoms with E-state index in [1.165, 1.54) is 39.2 Å². The van der Waals surface area contributed by atoms with Gasteiger partial charge >= 0.3 is 0 Å². The Morgan fingerprint density at radius 1 is 0.903 bits per heavy atom. The number of aryl methyl sites for hydroxylation is 2. The van der Waals surface area contributed by atoms with Crippen LogP contribution in [0, 0.1) is 25.1 Å². The van der Waals surface area contributed by atoms with Gasteiger partial charge < -0.3 is 4.40 Å². The molecular formula is C28H25FN2. The van der Waals surface area contributed by atoms with Gasteiger partial charge in [-0.15, -0.1) is 0 Å². The van der Waals surface area contributed by atoms with Crippen molar-refractivity contribution in [2.75, 3.05) is 0 Å². The van der Waals surface area contributed by atoms with Gasteiger partial charge in [0.15, 0.2) is 0 Å². The lowest BCUT2D eigenvalue weighted by Gasteiger charge is -2.19. The quantitative estimate of drug-likeness (QED) is 0.201. The molecule has 3 aromatic carbocycles. The molecule has 3 aromatic heterocycles. The Hall–Kier alpha value is -3.20. The maximum Gasteiger partial charge on any atom is 0.149 e. The summed E-state index contributed by atoms with van der Waals surface area (Å²) >= 11 is 0. The summed E-state index contributed by atoms with van der Waals surface area (Å²) in [7, 11) is 0. The number of hydrogen-bond acceptors (Lipinski definition) is 1. The zero-order valence-electron chi connectivity index (χ0n) is 18.6. The Balaban J connectivity index is 1.99. The number of rotatable bonds is 1. The summed E-state index contributed by atoms with van der Waals surface area (Å²) in [6.07, 6.45) is 2.35. The van der Waals surface area contributed by atoms with Gasteiger partial charge in [0.1, 0.15) is 5.82 Å². The van der Waals surface area contributed by atoms with Gasteiger partial charge in [0.25, 0.3) is 0 Å². The first kappa shape index (κ1) is 18.6. The molecule has 154 valence electrons. The number of pyridine rings is 2. The van der Waals surface area contributed by atoms with Gasteiger partial charge in [-0.25, -0.2) is 4.39 Å². The Labute approximate surface area is 180 Å². The lowest BCUT2D eigenvalue weighted by molar-refractivity contribution is 0.413. The van der Waals surface area contributed by atoms with E-state index in [9.17, 15) is 4.39 Å². The third-order valence-corrected chi connectivity index (χ3v) is 6.49. The standard InChI is InChI=1S/C28H25FN2/c1-15-11-16(2)26-20(12-15)25-24-18(21(29)14-30-25)9-10-19-23-17(13-28(3,4)5)7-6-8-22(23)31(26)27(19)24/h6-12,14H,13H2,1-5H3. The Kier molecular flexibility index (Phi) is 3.56. The smallest absolute Gasteiger partial charge is 0.149 e. The van der Waals surface area contributed by atoms with Gasteiger partial charge in [0.2, 0.25) is 0 Å². The molecule has 0 bridgehead atoms. The van der Waals surface area contributed by atoms with Crippen LogP contribution in [0.1, 0.15) is 37.5 Å². The number of halogens is 1. The summed E-state index contributed by atoms with van der Waals surface area (Å²) in [5.74, 6) is -0.264. The lowest BCUT2D eigenvalue weighted by Crippen LogP contribution is -2.09. The largest absolute Gasteiger partial charge is 0.308 e. The molecule has 0 N–H and O–H groups in total. The molecule has 31 heavy (non-hydrogen) atoms. The number of nitrogens with zero attached hydrogens (tertiary/aromatic N) is 2. The highest BCUT2D eigenvalue weighted by molar-refractivity contribution is 6.28. The predicted octanol–water partition coefficient (Wildman–Crippen LogP) is 7.73. The van der Waals surface area contributed by atoms with Crippen molar-refractivity contribution in [3.8, 4) is 0 Å². The summed E-state index contributed by atoms with van der Waals surface area (Å²) < 4.78 is 17.2. The second-order valence-electron chi connectivity index (χ2n) is 10.2. The molecule has 6 rings (SSSR count). The van der Waals surface area contributed by atoms with E-state index in [0.717, 1.165) is 33.7 Å². The minimum atomic E-state index is -0.264. The highest BCUT2D eigenvalue weighted by Crippen LogP contribution is 2.43. The summed E-state index contributed by atoms with van der Waals surface area (Å²) in [6.45, 7) is 11.1. The molecule has 0 aliphatic heterocycles. The van der Waals surface area contributed by atoms with Crippen LogP contribution in [0.2, 0.25) is 0 Å². The molecule has 0 fully saturated rings. The zero-order chi connectivity index (χ0) is 21.7. The third kappa shape index (κ3) is 2.46. The van der Waals surface area contributed by atoms with Crippen molar-refractivity contribution in [2.24, 2.45) is 5.41 Å². The summed E-state index contributed by atoms with van der Waals surface area (Å²) in [5, 5.41) is 5.11. The van der Waals surface area contributed by atoms with Gasteiger partial charge in [0.05, 0.1) is 28.3 Å². The highest BCUT2D eigenvalue weighted by atomic mass is 19.1. The number of fused-ring (bicyclic) bond motifs is 6. The van der Waals surface area contributed by atoms with Crippen LogP contribution in [0.4, 0.5) is 4.39 Å². The normalized spacial score (nSPS) is 13.0. The monoisotopic (exact) mass is 408 g/mol. The molecule has 0 saturated carbocycles. The maximum atomic E-state index is 14.9. The molecule has 3 heterocycles. The average molecular weight is 409 g/mol. The van der Waals surface area contributed by atoms with Crippen LogP contribution < -0.4 is 0 Å². The molecule has 6 aromatic rings. The third-order valence-electron chi connectivity index (χ3n) is 6.49. The molecule has 0 aliphatic carbocycles. The van der Waals surface area contributed by atoms with E-state index in [4.69, 9.17) is 0 Å². The van der Waals surface area contributed by atoms with Gasteiger partial charge in [-0.1, -0.05) is 56.7 Å². The molecule has 0 radical (unpaired) electrons. The van der Waals surface area contributed by atoms with Crippen molar-refractivity contribution in [3.05, 3.63) is 71.2 Å². The van der Waals surface area contributed by atoms with E-state index in [0.29, 0.717) is 5.39 Å². The SMILES string of the molecule is Cc1cc(C)c2c(c1)c1ncc(F)c3ccc4c5c(CC(C)(C)C)cccc5n2c4c31. The van der Waals surface area contributed by atoms with Crippen molar-refractivity contribution in [2.45, 2.75) is 41.0 Å². The van der Waals surface area contributed by atoms with Crippen LogP contribution in [0.3, 0.4) is 0 Å². The fraction of sp³-hybridized carbons (Fsp3) is 0.250. The number of aromatic nitrogens is 2. The first-order valence-corrected chi connectivity index (χ1v) is 10.9. The summed E-state index contributed by atoms with van der Waals surface area (Å²) in [4.78, 5) is 4.61. The molecule has 2 nitrogen and oxygen atoms in total. The van der Waals surface area contributed by atoms with Gasteiger partial charge in [-0.2, -0.15) is 0 Å². The van der Waals surface area contributed by atoms with Crippen molar-refractivity contribution in [3.63, 3.8) is 0 Å². The molecule has 0 aliphatic rings.